The number of nitrogens with two attached hydrogens (primary N) is 1. The van der Waals surface area contributed by atoms with E-state index in [4.69, 9.17) is 5.73 Å². The van der Waals surface area contributed by atoms with Gasteiger partial charge in [0.25, 0.3) is 11.8 Å². The van der Waals surface area contributed by atoms with Crippen molar-refractivity contribution < 1.29 is 35.9 Å². The monoisotopic (exact) mass is 527 g/mol. The topological polar surface area (TPSA) is 103 Å². The molecule has 0 saturated heterocycles. The van der Waals surface area contributed by atoms with Crippen molar-refractivity contribution in [2.75, 3.05) is 5.32 Å². The van der Waals surface area contributed by atoms with Crippen molar-refractivity contribution in [1.82, 2.24) is 14.8 Å². The Kier molecular flexibility index (Phi) is 6.02. The molecule has 4 aromatic rings. The lowest BCUT2D eigenvalue weighted by Crippen LogP contribution is -2.17. The van der Waals surface area contributed by atoms with Crippen molar-refractivity contribution in [3.8, 4) is 11.1 Å². The third-order valence-corrected chi connectivity index (χ3v) is 6.28. The summed E-state index contributed by atoms with van der Waals surface area (Å²) in [7, 11) is 0.993. The first-order chi connectivity index (χ1) is 16.7. The number of anilines is 1. The first kappa shape index (κ1) is 25.2. The number of hydrogen-bond acceptors (Lipinski definition) is 5. The minimum Gasteiger partial charge on any atom is -0.365 e. The van der Waals surface area contributed by atoms with Gasteiger partial charge in [0.1, 0.15) is 21.1 Å². The highest BCUT2D eigenvalue weighted by Crippen LogP contribution is 2.44. The van der Waals surface area contributed by atoms with E-state index in [0.717, 1.165) is 18.7 Å². The van der Waals surface area contributed by atoms with E-state index in [-0.39, 0.29) is 26.3 Å². The number of halogens is 6. The second-order valence-electron chi connectivity index (χ2n) is 7.76. The molecule has 0 spiro atoms. The van der Waals surface area contributed by atoms with Crippen molar-refractivity contribution in [1.29, 1.82) is 0 Å². The Morgan fingerprint density at radius 1 is 1.03 bits per heavy atom. The van der Waals surface area contributed by atoms with Gasteiger partial charge in [-0.2, -0.15) is 31.4 Å². The second-order valence-corrected chi connectivity index (χ2v) is 8.76. The normalized spacial score (nSPS) is 12.2. The third-order valence-electron chi connectivity index (χ3n) is 5.18. The number of alkyl halides is 6. The average molecular weight is 527 g/mol. The van der Waals surface area contributed by atoms with Crippen LogP contribution >= 0.6 is 11.3 Å². The van der Waals surface area contributed by atoms with Gasteiger partial charge in [0, 0.05) is 18.5 Å². The highest BCUT2D eigenvalue weighted by molar-refractivity contribution is 7.21. The lowest BCUT2D eigenvalue weighted by Gasteiger charge is -2.12. The van der Waals surface area contributed by atoms with Gasteiger partial charge in [-0.1, -0.05) is 29.8 Å². The molecular weight excluding hydrogens is 512 g/mol. The van der Waals surface area contributed by atoms with E-state index < -0.39 is 41.2 Å². The molecule has 7 nitrogen and oxygen atoms in total. The molecule has 14 heteroatoms. The molecule has 4 rings (SSSR count). The standard InChI is InChI=1S/C22H15F6N5O2S/c1-9-3-5-10(6-4-9)11-7-13(21(23,24)25)30-20-15(11)16(17(36-20)18(29)34)31-19(35)12-8-14(22(26,27)28)33(2)32-12/h3-8H,1-2H3,(H2,29,34)(H,31,35). The molecule has 0 atom stereocenters. The third kappa shape index (κ3) is 4.63. The number of nitrogens with zero attached hydrogens (tertiary/aromatic N) is 3. The predicted molar refractivity (Wildman–Crippen MR) is 119 cm³/mol. The van der Waals surface area contributed by atoms with Crippen LogP contribution in [0.15, 0.2) is 36.4 Å². The van der Waals surface area contributed by atoms with Gasteiger partial charge in [-0.3, -0.25) is 14.3 Å². The molecule has 0 aliphatic rings. The zero-order chi connectivity index (χ0) is 26.6. The molecule has 3 N–H and O–H groups in total. The highest BCUT2D eigenvalue weighted by Gasteiger charge is 2.37. The Hall–Kier alpha value is -3.94. The van der Waals surface area contributed by atoms with E-state index in [1.54, 1.807) is 31.2 Å². The number of carbonyl (C=O) groups is 2. The van der Waals surface area contributed by atoms with E-state index in [1.807, 2.05) is 0 Å². The first-order valence-corrected chi connectivity index (χ1v) is 10.8. The molecule has 0 fully saturated rings. The fourth-order valence-corrected chi connectivity index (χ4v) is 4.53. The van der Waals surface area contributed by atoms with E-state index >= 15 is 0 Å². The highest BCUT2D eigenvalue weighted by atomic mass is 32.1. The summed E-state index contributed by atoms with van der Waals surface area (Å²) in [5, 5.41) is 5.84. The maximum absolute atomic E-state index is 13.6. The Morgan fingerprint density at radius 2 is 1.67 bits per heavy atom. The van der Waals surface area contributed by atoms with E-state index in [2.05, 4.69) is 15.4 Å². The average Bonchev–Trinajstić information content (AvgIpc) is 3.34. The van der Waals surface area contributed by atoms with Gasteiger partial charge in [0.2, 0.25) is 0 Å². The summed E-state index contributed by atoms with van der Waals surface area (Å²) < 4.78 is 80.6. The quantitative estimate of drug-likeness (QED) is 0.347. The van der Waals surface area contributed by atoms with Crippen LogP contribution in [0, 0.1) is 6.92 Å². The molecule has 1 aromatic carbocycles. The maximum atomic E-state index is 13.6. The van der Waals surface area contributed by atoms with Gasteiger partial charge >= 0.3 is 12.4 Å². The van der Waals surface area contributed by atoms with Crippen LogP contribution in [0.1, 0.15) is 37.1 Å². The van der Waals surface area contributed by atoms with Crippen LogP contribution in [0.2, 0.25) is 0 Å². The van der Waals surface area contributed by atoms with E-state index in [9.17, 15) is 35.9 Å². The molecule has 36 heavy (non-hydrogen) atoms. The predicted octanol–water partition coefficient (Wildman–Crippen LogP) is 5.39. The van der Waals surface area contributed by atoms with Gasteiger partial charge in [-0.25, -0.2) is 4.98 Å². The molecule has 0 unspecified atom stereocenters. The fourth-order valence-electron chi connectivity index (χ4n) is 3.52. The van der Waals surface area contributed by atoms with Crippen LogP contribution in [-0.4, -0.2) is 26.6 Å². The summed E-state index contributed by atoms with van der Waals surface area (Å²) in [6.45, 7) is 1.77. The molecule has 2 amide bonds. The number of hydrogen-bond donors (Lipinski definition) is 2. The zero-order valence-corrected chi connectivity index (χ0v) is 19.2. The molecule has 3 aromatic heterocycles. The van der Waals surface area contributed by atoms with Gasteiger partial charge in [0.15, 0.2) is 5.69 Å². The lowest BCUT2D eigenvalue weighted by molar-refractivity contribution is -0.143. The molecule has 0 bridgehead atoms. The Labute approximate surface area is 202 Å². The second kappa shape index (κ2) is 8.62. The molecule has 188 valence electrons. The van der Waals surface area contributed by atoms with E-state index in [1.165, 1.54) is 0 Å². The SMILES string of the molecule is Cc1ccc(-c2cc(C(F)(F)F)nc3sc(C(N)=O)c(NC(=O)c4cc(C(F)(F)F)n(C)n4)c23)cc1. The molecule has 0 aliphatic heterocycles. The van der Waals surface area contributed by atoms with Crippen LogP contribution in [0.4, 0.5) is 32.0 Å². The number of primary amides is 1. The van der Waals surface area contributed by atoms with Crippen molar-refractivity contribution in [2.45, 2.75) is 19.3 Å². The van der Waals surface area contributed by atoms with Gasteiger partial charge in [-0.05, 0) is 24.1 Å². The van der Waals surface area contributed by atoms with Crippen LogP contribution < -0.4 is 11.1 Å². The number of nitrogens with one attached hydrogen (secondary N) is 1. The van der Waals surface area contributed by atoms with Crippen LogP contribution in [0.5, 0.6) is 0 Å². The van der Waals surface area contributed by atoms with Crippen LogP contribution in [0.25, 0.3) is 21.3 Å². The maximum Gasteiger partial charge on any atom is 0.433 e. The molecule has 0 aliphatic carbocycles. The van der Waals surface area contributed by atoms with Gasteiger partial charge in [-0.15, -0.1) is 11.3 Å². The number of pyridine rings is 1. The van der Waals surface area contributed by atoms with Crippen molar-refractivity contribution in [2.24, 2.45) is 12.8 Å². The Balaban J connectivity index is 1.94. The number of carbonyl (C=O) groups excluding carboxylic acids is 2. The largest absolute Gasteiger partial charge is 0.433 e. The first-order valence-electron chi connectivity index (χ1n) is 10.0. The summed E-state index contributed by atoms with van der Waals surface area (Å²) in [6.07, 6.45) is -9.61. The number of aromatic nitrogens is 3. The summed E-state index contributed by atoms with van der Waals surface area (Å²) in [5.41, 5.74) is 3.21. The number of amides is 2. The number of benzene rings is 1. The number of fused-ring (bicyclic) bond motifs is 1. The van der Waals surface area contributed by atoms with Crippen LogP contribution in [0.3, 0.4) is 0 Å². The van der Waals surface area contributed by atoms with E-state index in [0.29, 0.717) is 27.6 Å². The molecule has 0 saturated carbocycles. The molecule has 0 radical (unpaired) electrons. The number of thiophene rings is 1. The van der Waals surface area contributed by atoms with Crippen molar-refractivity contribution in [3.63, 3.8) is 0 Å². The lowest BCUT2D eigenvalue weighted by atomic mass is 10.00. The fraction of sp³-hybridized carbons (Fsp3) is 0.182. The Bertz CT molecular complexity index is 1500. The summed E-state index contributed by atoms with van der Waals surface area (Å²) in [4.78, 5) is 28.0. The Morgan fingerprint density at radius 3 is 2.19 bits per heavy atom. The minimum absolute atomic E-state index is 0.0108. The summed E-state index contributed by atoms with van der Waals surface area (Å²) >= 11 is 0.518. The van der Waals surface area contributed by atoms with Crippen molar-refractivity contribution >= 4 is 39.1 Å². The van der Waals surface area contributed by atoms with Gasteiger partial charge < -0.3 is 11.1 Å². The molecular formula is C22H15F6N5O2S. The minimum atomic E-state index is -4.82. The van der Waals surface area contributed by atoms with Crippen LogP contribution in [-0.2, 0) is 19.4 Å². The zero-order valence-electron chi connectivity index (χ0n) is 18.4. The summed E-state index contributed by atoms with van der Waals surface area (Å²) in [5.74, 6) is -2.20. The van der Waals surface area contributed by atoms with Gasteiger partial charge in [0.05, 0.1) is 5.69 Å². The number of rotatable bonds is 4. The smallest absolute Gasteiger partial charge is 0.365 e. The molecule has 3 heterocycles. The number of aryl methyl sites for hydroxylation is 2. The summed E-state index contributed by atoms with van der Waals surface area (Å²) in [6, 6.07) is 7.68. The van der Waals surface area contributed by atoms with Crippen molar-refractivity contribution in [3.05, 3.63) is 63.9 Å².